The Labute approximate surface area is 86.8 Å². The molecule has 1 amide bonds. The number of rotatable bonds is 4. The van der Waals surface area contributed by atoms with Crippen molar-refractivity contribution in [3.8, 4) is 12.3 Å². The van der Waals surface area contributed by atoms with E-state index in [9.17, 15) is 9.90 Å². The lowest BCUT2D eigenvalue weighted by atomic mass is 10.2. The molecular weight excluding hydrogens is 198 g/mol. The number of aliphatic hydroxyl groups is 1. The van der Waals surface area contributed by atoms with Gasteiger partial charge in [-0.2, -0.15) is 11.3 Å². The minimum atomic E-state index is -0.650. The molecule has 4 heteroatoms. The van der Waals surface area contributed by atoms with Crippen molar-refractivity contribution in [2.45, 2.75) is 12.5 Å². The summed E-state index contributed by atoms with van der Waals surface area (Å²) in [6.07, 6.45) is 4.36. The summed E-state index contributed by atoms with van der Waals surface area (Å²) in [6.45, 7) is 0.206. The van der Waals surface area contributed by atoms with E-state index in [1.54, 1.807) is 0 Å². The molecule has 2 N–H and O–H groups in total. The maximum atomic E-state index is 11.0. The Kier molecular flexibility index (Phi) is 4.17. The number of carbonyl (C=O) groups excluding carboxylic acids is 1. The van der Waals surface area contributed by atoms with Crippen LogP contribution in [0.4, 0.5) is 0 Å². The van der Waals surface area contributed by atoms with Crippen LogP contribution in [-0.2, 0) is 4.79 Å². The highest BCUT2D eigenvalue weighted by Gasteiger charge is 2.08. The maximum Gasteiger partial charge on any atom is 0.232 e. The Bertz CT molecular complexity index is 326. The first-order chi connectivity index (χ1) is 6.74. The van der Waals surface area contributed by atoms with Crippen LogP contribution in [0.25, 0.3) is 0 Å². The SMILES string of the molecule is C#CCC(=O)NCC(O)c1ccsc1. The van der Waals surface area contributed by atoms with Crippen LogP contribution < -0.4 is 5.32 Å². The molecular formula is C10H11NO2S. The smallest absolute Gasteiger partial charge is 0.232 e. The Morgan fingerprint density at radius 2 is 2.57 bits per heavy atom. The number of carbonyl (C=O) groups is 1. The molecule has 1 rings (SSSR count). The molecule has 74 valence electrons. The van der Waals surface area contributed by atoms with Gasteiger partial charge in [0.05, 0.1) is 12.5 Å². The zero-order valence-corrected chi connectivity index (χ0v) is 8.38. The topological polar surface area (TPSA) is 49.3 Å². The van der Waals surface area contributed by atoms with E-state index in [1.807, 2.05) is 16.8 Å². The summed E-state index contributed by atoms with van der Waals surface area (Å²) in [7, 11) is 0. The summed E-state index contributed by atoms with van der Waals surface area (Å²) in [4.78, 5) is 11.0. The molecule has 1 aromatic rings. The van der Waals surface area contributed by atoms with E-state index >= 15 is 0 Å². The number of aliphatic hydroxyl groups excluding tert-OH is 1. The van der Waals surface area contributed by atoms with Gasteiger partial charge in [0.15, 0.2) is 0 Å². The van der Waals surface area contributed by atoms with Crippen molar-refractivity contribution >= 4 is 17.2 Å². The summed E-state index contributed by atoms with van der Waals surface area (Å²) in [5, 5.41) is 15.8. The number of nitrogens with one attached hydrogen (secondary N) is 1. The summed E-state index contributed by atoms with van der Waals surface area (Å²) in [5.41, 5.74) is 0.816. The van der Waals surface area contributed by atoms with Crippen LogP contribution >= 0.6 is 11.3 Å². The number of hydrogen-bond acceptors (Lipinski definition) is 3. The highest BCUT2D eigenvalue weighted by Crippen LogP contribution is 2.14. The van der Waals surface area contributed by atoms with E-state index in [2.05, 4.69) is 11.2 Å². The Morgan fingerprint density at radius 1 is 1.79 bits per heavy atom. The zero-order valence-electron chi connectivity index (χ0n) is 7.56. The molecule has 0 radical (unpaired) electrons. The van der Waals surface area contributed by atoms with E-state index in [4.69, 9.17) is 6.42 Å². The van der Waals surface area contributed by atoms with Crippen LogP contribution in [0.1, 0.15) is 18.1 Å². The molecule has 1 unspecified atom stereocenters. The van der Waals surface area contributed by atoms with Crippen molar-refractivity contribution < 1.29 is 9.90 Å². The van der Waals surface area contributed by atoms with Crippen LogP contribution in [0, 0.1) is 12.3 Å². The van der Waals surface area contributed by atoms with Gasteiger partial charge in [0.1, 0.15) is 0 Å². The van der Waals surface area contributed by atoms with Gasteiger partial charge in [-0.15, -0.1) is 6.42 Å². The molecule has 0 aliphatic rings. The first-order valence-electron chi connectivity index (χ1n) is 4.14. The van der Waals surface area contributed by atoms with Crippen molar-refractivity contribution in [3.05, 3.63) is 22.4 Å². The molecule has 0 saturated carbocycles. The van der Waals surface area contributed by atoms with Crippen molar-refractivity contribution in [2.75, 3.05) is 6.54 Å². The fourth-order valence-electron chi connectivity index (χ4n) is 0.948. The van der Waals surface area contributed by atoms with Crippen molar-refractivity contribution in [3.63, 3.8) is 0 Å². The van der Waals surface area contributed by atoms with E-state index in [0.29, 0.717) is 0 Å². The standard InChI is InChI=1S/C10H11NO2S/c1-2-3-10(13)11-6-9(12)8-4-5-14-7-8/h1,4-5,7,9,12H,3,6H2,(H,11,13). The first-order valence-corrected chi connectivity index (χ1v) is 5.08. The third-order valence-corrected chi connectivity index (χ3v) is 2.38. The van der Waals surface area contributed by atoms with Crippen LogP contribution in [0.3, 0.4) is 0 Å². The van der Waals surface area contributed by atoms with Gasteiger partial charge in [-0.3, -0.25) is 4.79 Å². The molecule has 0 fully saturated rings. The Hall–Kier alpha value is -1.31. The number of thiophene rings is 1. The number of terminal acetylenes is 1. The first kappa shape index (κ1) is 10.8. The number of hydrogen-bond donors (Lipinski definition) is 2. The van der Waals surface area contributed by atoms with Gasteiger partial charge in [-0.05, 0) is 22.4 Å². The molecule has 0 saturated heterocycles. The van der Waals surface area contributed by atoms with E-state index in [1.165, 1.54) is 11.3 Å². The lowest BCUT2D eigenvalue weighted by Crippen LogP contribution is -2.27. The molecule has 0 spiro atoms. The third kappa shape index (κ3) is 3.21. The maximum absolute atomic E-state index is 11.0. The predicted octanol–water partition coefficient (Wildman–Crippen LogP) is 0.921. The highest BCUT2D eigenvalue weighted by atomic mass is 32.1. The molecule has 0 bridgehead atoms. The van der Waals surface area contributed by atoms with Crippen LogP contribution in [0.15, 0.2) is 16.8 Å². The monoisotopic (exact) mass is 209 g/mol. The van der Waals surface area contributed by atoms with E-state index in [-0.39, 0.29) is 18.9 Å². The molecule has 1 atom stereocenters. The lowest BCUT2D eigenvalue weighted by Gasteiger charge is -2.09. The predicted molar refractivity (Wildman–Crippen MR) is 55.7 cm³/mol. The van der Waals surface area contributed by atoms with Gasteiger partial charge in [-0.25, -0.2) is 0 Å². The van der Waals surface area contributed by atoms with Gasteiger partial charge in [0.25, 0.3) is 0 Å². The lowest BCUT2D eigenvalue weighted by molar-refractivity contribution is -0.120. The molecule has 1 aromatic heterocycles. The summed E-state index contributed by atoms with van der Waals surface area (Å²) >= 11 is 1.51. The van der Waals surface area contributed by atoms with Gasteiger partial charge in [0, 0.05) is 6.54 Å². The summed E-state index contributed by atoms with van der Waals surface area (Å²) < 4.78 is 0. The second kappa shape index (κ2) is 5.43. The fourth-order valence-corrected chi connectivity index (χ4v) is 1.66. The summed E-state index contributed by atoms with van der Waals surface area (Å²) in [6, 6.07) is 1.82. The van der Waals surface area contributed by atoms with Gasteiger partial charge >= 0.3 is 0 Å². The van der Waals surface area contributed by atoms with E-state index in [0.717, 1.165) is 5.56 Å². The van der Waals surface area contributed by atoms with Gasteiger partial charge in [0.2, 0.25) is 5.91 Å². The van der Waals surface area contributed by atoms with Gasteiger partial charge in [-0.1, -0.05) is 5.92 Å². The molecule has 14 heavy (non-hydrogen) atoms. The second-order valence-corrected chi connectivity index (χ2v) is 3.54. The van der Waals surface area contributed by atoms with Crippen molar-refractivity contribution in [1.29, 1.82) is 0 Å². The largest absolute Gasteiger partial charge is 0.387 e. The fraction of sp³-hybridized carbons (Fsp3) is 0.300. The molecule has 1 heterocycles. The zero-order chi connectivity index (χ0) is 10.4. The molecule has 3 nitrogen and oxygen atoms in total. The highest BCUT2D eigenvalue weighted by molar-refractivity contribution is 7.07. The molecule has 0 aliphatic heterocycles. The van der Waals surface area contributed by atoms with Crippen LogP contribution in [0.2, 0.25) is 0 Å². The Balaban J connectivity index is 2.32. The summed E-state index contributed by atoms with van der Waals surface area (Å²) in [5.74, 6) is 2.00. The Morgan fingerprint density at radius 3 is 3.14 bits per heavy atom. The molecule has 0 aromatic carbocycles. The van der Waals surface area contributed by atoms with Gasteiger partial charge < -0.3 is 10.4 Å². The normalized spacial score (nSPS) is 11.7. The van der Waals surface area contributed by atoms with Crippen molar-refractivity contribution in [1.82, 2.24) is 5.32 Å². The van der Waals surface area contributed by atoms with E-state index < -0.39 is 6.10 Å². The minimum Gasteiger partial charge on any atom is -0.387 e. The van der Waals surface area contributed by atoms with Crippen molar-refractivity contribution in [2.24, 2.45) is 0 Å². The molecule has 0 aliphatic carbocycles. The average Bonchev–Trinajstić information content (AvgIpc) is 2.67. The number of amides is 1. The average molecular weight is 209 g/mol. The quantitative estimate of drug-likeness (QED) is 0.724. The minimum absolute atomic E-state index is 0.0519. The second-order valence-electron chi connectivity index (χ2n) is 2.76. The third-order valence-electron chi connectivity index (χ3n) is 1.68. The van der Waals surface area contributed by atoms with Crippen LogP contribution in [0.5, 0.6) is 0 Å². The van der Waals surface area contributed by atoms with Crippen LogP contribution in [-0.4, -0.2) is 17.6 Å².